The number of carboxylic acids is 1. The molecule has 2 aliphatic rings. The van der Waals surface area contributed by atoms with Crippen LogP contribution in [-0.4, -0.2) is 209 Å². The van der Waals surface area contributed by atoms with E-state index in [1.54, 1.807) is 93.5 Å². The summed E-state index contributed by atoms with van der Waals surface area (Å²) in [6.45, 7) is 17.7. The van der Waals surface area contributed by atoms with Gasteiger partial charge in [-0.2, -0.15) is 0 Å². The number of benzene rings is 1. The van der Waals surface area contributed by atoms with Crippen molar-refractivity contribution < 1.29 is 67.3 Å². The third-order valence-electron chi connectivity index (χ3n) is 15.3. The number of amides is 9. The molecule has 1 aromatic carbocycles. The van der Waals surface area contributed by atoms with Crippen LogP contribution < -0.4 is 20.7 Å². The Morgan fingerprint density at radius 3 is 1.70 bits per heavy atom. The highest BCUT2D eigenvalue weighted by Crippen LogP contribution is 2.26. The number of nitrogens with one attached hydrogen (secondary N) is 3. The van der Waals surface area contributed by atoms with Crippen LogP contribution in [0, 0.1) is 29.6 Å². The molecule has 3 rings (SSSR count). The Kier molecular flexibility index (Phi) is 24.8. The molecular weight excluding hydrogens is 1020 g/mol. The first-order valence-corrected chi connectivity index (χ1v) is 27.4. The molecule has 2 heterocycles. The molecule has 9 amide bonds. The number of carbonyl (C=O) groups is 11. The number of nitrogens with zero attached hydrogens (tertiary/aromatic N) is 6. The summed E-state index contributed by atoms with van der Waals surface area (Å²) in [6, 6.07) is -3.79. The molecule has 2 saturated heterocycles. The van der Waals surface area contributed by atoms with Crippen LogP contribution >= 0.6 is 0 Å². The lowest BCUT2D eigenvalue weighted by Crippen LogP contribution is -2.63. The van der Waals surface area contributed by atoms with Crippen LogP contribution in [0.5, 0.6) is 5.75 Å². The van der Waals surface area contributed by atoms with Gasteiger partial charge in [0.15, 0.2) is 6.10 Å². The number of aliphatic carboxylic acids is 1. The van der Waals surface area contributed by atoms with E-state index in [0.717, 1.165) is 14.7 Å². The van der Waals surface area contributed by atoms with E-state index in [1.807, 2.05) is 0 Å². The Morgan fingerprint density at radius 2 is 1.18 bits per heavy atom. The zero-order valence-electron chi connectivity index (χ0n) is 49.5. The van der Waals surface area contributed by atoms with Gasteiger partial charge in [0.25, 0.3) is 5.91 Å². The summed E-state index contributed by atoms with van der Waals surface area (Å²) in [7, 11) is 8.19. The molecule has 10 unspecified atom stereocenters. The highest BCUT2D eigenvalue weighted by molar-refractivity contribution is 5.99. The maximum atomic E-state index is 14.7. The van der Waals surface area contributed by atoms with E-state index in [9.17, 15) is 57.8 Å². The minimum absolute atomic E-state index is 0.106. The molecule has 10 atom stereocenters. The van der Waals surface area contributed by atoms with E-state index in [-0.39, 0.29) is 19.4 Å². The minimum atomic E-state index is -1.69. The molecule has 0 radical (unpaired) electrons. The van der Waals surface area contributed by atoms with Crippen LogP contribution in [-0.2, 0) is 63.9 Å². The number of carbonyl (C=O) groups excluding carboxylic acids is 10. The number of cyclic esters (lactones) is 1. The average molecular weight is 1110 g/mol. The fraction of sp³-hybridized carbons (Fsp3) is 0.696. The van der Waals surface area contributed by atoms with Gasteiger partial charge in [0.1, 0.15) is 54.1 Å². The van der Waals surface area contributed by atoms with Gasteiger partial charge in [0.05, 0.1) is 20.1 Å². The van der Waals surface area contributed by atoms with Gasteiger partial charge in [-0.15, -0.1) is 0 Å². The molecule has 0 aliphatic carbocycles. The van der Waals surface area contributed by atoms with E-state index in [1.165, 1.54) is 64.0 Å². The summed E-state index contributed by atoms with van der Waals surface area (Å²) in [4.78, 5) is 164. The second kappa shape index (κ2) is 29.4. The summed E-state index contributed by atoms with van der Waals surface area (Å²) in [5.74, 6) is -11.5. The molecular formula is C56H89N9O14. The van der Waals surface area contributed by atoms with E-state index >= 15 is 0 Å². The normalized spacial score (nSPS) is 26.6. The van der Waals surface area contributed by atoms with Gasteiger partial charge >= 0.3 is 11.9 Å². The lowest BCUT2D eigenvalue weighted by atomic mass is 9.94. The Balaban J connectivity index is 2.26. The van der Waals surface area contributed by atoms with Gasteiger partial charge in [-0.3, -0.25) is 47.9 Å². The van der Waals surface area contributed by atoms with Gasteiger partial charge in [-0.1, -0.05) is 87.8 Å². The predicted octanol–water partition coefficient (Wildman–Crippen LogP) is 1.93. The second-order valence-electron chi connectivity index (χ2n) is 22.5. The van der Waals surface area contributed by atoms with Gasteiger partial charge in [0, 0.05) is 48.2 Å². The third-order valence-corrected chi connectivity index (χ3v) is 15.3. The smallest absolute Gasteiger partial charge is 0.329 e. The van der Waals surface area contributed by atoms with Gasteiger partial charge in [-0.25, -0.2) is 4.79 Å². The fourth-order valence-electron chi connectivity index (χ4n) is 10.5. The highest BCUT2D eigenvalue weighted by atomic mass is 16.5. The maximum Gasteiger partial charge on any atom is 0.329 e. The summed E-state index contributed by atoms with van der Waals surface area (Å²) < 4.78 is 11.1. The van der Waals surface area contributed by atoms with Crippen molar-refractivity contribution in [1.82, 2.24) is 45.3 Å². The number of likely N-dealkylation sites (N-methyl/N-ethyl adjacent to an activating group) is 5. The average Bonchev–Trinajstić information content (AvgIpc) is 3.41. The van der Waals surface area contributed by atoms with Crippen LogP contribution in [0.25, 0.3) is 0 Å². The lowest BCUT2D eigenvalue weighted by Gasteiger charge is -2.41. The topological polar surface area (TPSA) is 282 Å². The summed E-state index contributed by atoms with van der Waals surface area (Å²) in [5.41, 5.74) is 0.580. The third kappa shape index (κ3) is 16.6. The Labute approximate surface area is 466 Å². The molecule has 442 valence electrons. The van der Waals surface area contributed by atoms with Crippen molar-refractivity contribution in [1.29, 1.82) is 0 Å². The van der Waals surface area contributed by atoms with Crippen LogP contribution in [0.15, 0.2) is 24.3 Å². The van der Waals surface area contributed by atoms with Crippen molar-refractivity contribution in [2.45, 2.75) is 169 Å². The standard InChI is InChI=1S/C56H89N9O14/c1-18-34(10)47-48(69)57-29-41(66)61(13)44(31(4)5)49(70)58-38(27-36-22-24-37(78-17)25-23-36)56(77)79-35(11)51(72)65-26-20-19-21-39(65)52(73)62(14)45(32(6)7)50(71)59-43(30(2)3)54(75)60(12)40(28-42(67)68)53(74)63(15)46(33(8)9)55(76)64(47)16/h22-25,30-35,38-40,43-47H,18-21,26-29H2,1-17H3,(H,57,69)(H,58,70)(H,59,71)(H,67,68). The Morgan fingerprint density at radius 1 is 0.646 bits per heavy atom. The van der Waals surface area contributed by atoms with Crippen molar-refractivity contribution in [3.63, 3.8) is 0 Å². The van der Waals surface area contributed by atoms with Crippen molar-refractivity contribution in [3.05, 3.63) is 29.8 Å². The fourth-order valence-corrected chi connectivity index (χ4v) is 10.5. The number of piperidine rings is 1. The number of hydrogen-bond donors (Lipinski definition) is 4. The SMILES string of the molecule is CCC(C)C1C(=O)NCC(=O)N(C)C(C(C)C)C(=O)NC(Cc2ccc(OC)cc2)C(=O)OC(C)C(=O)N2CCCCC2C(=O)N(C)C(C(C)C)C(=O)NC(C(C)C)C(=O)N(C)C(CC(=O)O)C(=O)N(C)C(C(C)C)C(=O)N1C. The number of esters is 1. The van der Waals surface area contributed by atoms with Crippen LogP contribution in [0.2, 0.25) is 0 Å². The number of carboxylic acid groups (broad SMARTS) is 1. The van der Waals surface area contributed by atoms with Crippen molar-refractivity contribution in [2.24, 2.45) is 29.6 Å². The van der Waals surface area contributed by atoms with E-state index in [0.29, 0.717) is 30.6 Å². The van der Waals surface area contributed by atoms with E-state index in [2.05, 4.69) is 16.0 Å². The molecule has 0 aromatic heterocycles. The largest absolute Gasteiger partial charge is 0.497 e. The first kappa shape index (κ1) is 66.5. The van der Waals surface area contributed by atoms with Crippen LogP contribution in [0.4, 0.5) is 0 Å². The maximum absolute atomic E-state index is 14.7. The number of rotatable bonds is 11. The number of fused-ring (bicyclic) bond motifs is 1. The van der Waals surface area contributed by atoms with Crippen molar-refractivity contribution >= 4 is 65.1 Å². The van der Waals surface area contributed by atoms with E-state index in [4.69, 9.17) is 9.47 Å². The molecule has 23 nitrogen and oxygen atoms in total. The second-order valence-corrected chi connectivity index (χ2v) is 22.5. The molecule has 0 spiro atoms. The summed E-state index contributed by atoms with van der Waals surface area (Å²) in [5, 5.41) is 18.3. The van der Waals surface area contributed by atoms with Crippen molar-refractivity contribution in [2.75, 3.05) is 55.4 Å². The molecule has 2 fully saturated rings. The predicted molar refractivity (Wildman–Crippen MR) is 292 cm³/mol. The minimum Gasteiger partial charge on any atom is -0.497 e. The molecule has 0 saturated carbocycles. The Hall–Kier alpha value is -6.81. The summed E-state index contributed by atoms with van der Waals surface area (Å²) >= 11 is 0. The molecule has 79 heavy (non-hydrogen) atoms. The zero-order chi connectivity index (χ0) is 60.1. The van der Waals surface area contributed by atoms with Gasteiger partial charge in [-0.05, 0) is 73.5 Å². The van der Waals surface area contributed by atoms with Crippen molar-refractivity contribution in [3.8, 4) is 5.75 Å². The summed E-state index contributed by atoms with van der Waals surface area (Å²) in [6.07, 6.45) is -0.839. The van der Waals surface area contributed by atoms with Crippen LogP contribution in [0.1, 0.15) is 114 Å². The zero-order valence-corrected chi connectivity index (χ0v) is 49.5. The van der Waals surface area contributed by atoms with Gasteiger partial charge < -0.3 is 59.9 Å². The quantitative estimate of drug-likeness (QED) is 0.231. The lowest BCUT2D eigenvalue weighted by molar-refractivity contribution is -0.165. The first-order chi connectivity index (χ1) is 36.8. The molecule has 1 aromatic rings. The van der Waals surface area contributed by atoms with E-state index < -0.39 is 162 Å². The van der Waals surface area contributed by atoms with Gasteiger partial charge in [0.2, 0.25) is 47.3 Å². The number of ether oxygens (including phenoxy) is 2. The highest BCUT2D eigenvalue weighted by Gasteiger charge is 2.45. The monoisotopic (exact) mass is 1110 g/mol. The number of methoxy groups -OCH3 is 1. The number of hydrogen-bond acceptors (Lipinski definition) is 13. The molecule has 4 N–H and O–H groups in total. The Bertz CT molecular complexity index is 2360. The molecule has 0 bridgehead atoms. The molecule has 23 heteroatoms. The van der Waals surface area contributed by atoms with Crippen LogP contribution in [0.3, 0.4) is 0 Å². The molecule has 2 aliphatic heterocycles. The first-order valence-electron chi connectivity index (χ1n) is 27.4.